The summed E-state index contributed by atoms with van der Waals surface area (Å²) in [4.78, 5) is 4.39. The largest absolute Gasteiger partial charge is 0.332 e. The van der Waals surface area contributed by atoms with E-state index in [1.807, 2.05) is 43.6 Å². The third-order valence-corrected chi connectivity index (χ3v) is 3.82. The van der Waals surface area contributed by atoms with Crippen molar-refractivity contribution >= 4 is 15.9 Å². The van der Waals surface area contributed by atoms with Gasteiger partial charge in [-0.25, -0.2) is 4.68 Å². The summed E-state index contributed by atoms with van der Waals surface area (Å²) in [5.74, 6) is 1.11. The molecule has 3 rings (SSSR count). The maximum atomic E-state index is 5.30. The van der Waals surface area contributed by atoms with Gasteiger partial charge in [0.15, 0.2) is 11.5 Å². The van der Waals surface area contributed by atoms with Gasteiger partial charge in [-0.1, -0.05) is 27.2 Å². The fraction of sp³-hybridized carbons (Fsp3) is 0.267. The first-order valence-electron chi connectivity index (χ1n) is 6.97. The van der Waals surface area contributed by atoms with Gasteiger partial charge in [-0.3, -0.25) is 0 Å². The van der Waals surface area contributed by atoms with E-state index in [0.29, 0.717) is 29.9 Å². The van der Waals surface area contributed by atoms with Crippen molar-refractivity contribution in [1.82, 2.24) is 25.2 Å². The summed E-state index contributed by atoms with van der Waals surface area (Å²) in [5.41, 5.74) is 1.63. The molecule has 0 fully saturated rings. The molecule has 0 saturated carbocycles. The van der Waals surface area contributed by atoms with E-state index in [0.717, 1.165) is 10.2 Å². The van der Waals surface area contributed by atoms with Gasteiger partial charge in [0.2, 0.25) is 0 Å². The van der Waals surface area contributed by atoms with Gasteiger partial charge in [-0.2, -0.15) is 10.1 Å². The lowest BCUT2D eigenvalue weighted by Gasteiger charge is -2.04. The molecule has 0 amide bonds. The zero-order chi connectivity index (χ0) is 15.5. The van der Waals surface area contributed by atoms with Gasteiger partial charge >= 0.3 is 0 Å². The molecule has 1 aromatic carbocycles. The first kappa shape index (κ1) is 14.9. The van der Waals surface area contributed by atoms with Gasteiger partial charge in [0.05, 0.1) is 5.69 Å². The molecule has 7 heteroatoms. The van der Waals surface area contributed by atoms with Crippen LogP contribution in [0.5, 0.6) is 0 Å². The van der Waals surface area contributed by atoms with Crippen LogP contribution in [0, 0.1) is 0 Å². The third kappa shape index (κ3) is 3.26. The second kappa shape index (κ2) is 6.41. The maximum Gasteiger partial charge on any atom is 0.278 e. The molecule has 0 spiro atoms. The van der Waals surface area contributed by atoms with Crippen LogP contribution in [0.1, 0.15) is 12.7 Å². The van der Waals surface area contributed by atoms with Crippen LogP contribution >= 0.6 is 15.9 Å². The molecule has 0 aliphatic carbocycles. The SMILES string of the molecule is CNC(C)Cc1noc(-c2ccn(-c3cccc(Br)c3)n2)n1. The van der Waals surface area contributed by atoms with Crippen LogP contribution in [0.15, 0.2) is 45.5 Å². The highest BCUT2D eigenvalue weighted by molar-refractivity contribution is 9.10. The molecule has 2 heterocycles. The number of benzene rings is 1. The van der Waals surface area contributed by atoms with Crippen LogP contribution in [0.25, 0.3) is 17.3 Å². The summed E-state index contributed by atoms with van der Waals surface area (Å²) in [6.07, 6.45) is 2.59. The molecular formula is C15H16BrN5O. The Labute approximate surface area is 136 Å². The highest BCUT2D eigenvalue weighted by Crippen LogP contribution is 2.19. The number of hydrogen-bond donors (Lipinski definition) is 1. The third-order valence-electron chi connectivity index (χ3n) is 3.33. The van der Waals surface area contributed by atoms with Crippen molar-refractivity contribution in [3.63, 3.8) is 0 Å². The molecule has 2 aromatic heterocycles. The van der Waals surface area contributed by atoms with Crippen molar-refractivity contribution in [1.29, 1.82) is 0 Å². The fourth-order valence-electron chi connectivity index (χ4n) is 2.02. The van der Waals surface area contributed by atoms with Crippen LogP contribution in [-0.4, -0.2) is 33.0 Å². The zero-order valence-electron chi connectivity index (χ0n) is 12.3. The summed E-state index contributed by atoms with van der Waals surface area (Å²) in [6.45, 7) is 2.07. The highest BCUT2D eigenvalue weighted by atomic mass is 79.9. The van der Waals surface area contributed by atoms with Crippen molar-refractivity contribution in [2.45, 2.75) is 19.4 Å². The van der Waals surface area contributed by atoms with E-state index in [1.165, 1.54) is 0 Å². The summed E-state index contributed by atoms with van der Waals surface area (Å²) in [7, 11) is 1.91. The topological polar surface area (TPSA) is 68.8 Å². The zero-order valence-corrected chi connectivity index (χ0v) is 13.9. The minimum Gasteiger partial charge on any atom is -0.332 e. The standard InChI is InChI=1S/C15H16BrN5O/c1-10(17-2)8-14-18-15(22-20-14)13-6-7-21(19-13)12-5-3-4-11(16)9-12/h3-7,9-10,17H,8H2,1-2H3. The second-order valence-electron chi connectivity index (χ2n) is 5.04. The fourth-order valence-corrected chi connectivity index (χ4v) is 2.40. The van der Waals surface area contributed by atoms with E-state index in [9.17, 15) is 0 Å². The van der Waals surface area contributed by atoms with E-state index in [4.69, 9.17) is 4.52 Å². The first-order valence-corrected chi connectivity index (χ1v) is 7.77. The van der Waals surface area contributed by atoms with E-state index in [1.54, 1.807) is 4.68 Å². The second-order valence-corrected chi connectivity index (χ2v) is 5.95. The van der Waals surface area contributed by atoms with Crippen molar-refractivity contribution in [3.8, 4) is 17.3 Å². The lowest BCUT2D eigenvalue weighted by atomic mass is 10.2. The van der Waals surface area contributed by atoms with Gasteiger partial charge in [0, 0.05) is 23.1 Å². The molecule has 3 aromatic rings. The molecule has 1 N–H and O–H groups in total. The molecular weight excluding hydrogens is 346 g/mol. The quantitative estimate of drug-likeness (QED) is 0.756. The molecule has 22 heavy (non-hydrogen) atoms. The van der Waals surface area contributed by atoms with Gasteiger partial charge in [-0.05, 0) is 38.2 Å². The molecule has 0 radical (unpaired) electrons. The Kier molecular flexibility index (Phi) is 4.35. The Morgan fingerprint density at radius 2 is 2.23 bits per heavy atom. The average molecular weight is 362 g/mol. The van der Waals surface area contributed by atoms with E-state index < -0.39 is 0 Å². The Hall–Kier alpha value is -1.99. The minimum absolute atomic E-state index is 0.296. The molecule has 0 aliphatic rings. The number of rotatable bonds is 5. The molecule has 0 aliphatic heterocycles. The van der Waals surface area contributed by atoms with Crippen LogP contribution in [0.3, 0.4) is 0 Å². The molecule has 1 atom stereocenters. The Morgan fingerprint density at radius 3 is 3.00 bits per heavy atom. The van der Waals surface area contributed by atoms with Crippen molar-refractivity contribution in [2.75, 3.05) is 7.05 Å². The highest BCUT2D eigenvalue weighted by Gasteiger charge is 2.13. The van der Waals surface area contributed by atoms with Crippen LogP contribution < -0.4 is 5.32 Å². The summed E-state index contributed by atoms with van der Waals surface area (Å²) in [5, 5.41) is 11.6. The van der Waals surface area contributed by atoms with Gasteiger partial charge in [0.25, 0.3) is 5.89 Å². The van der Waals surface area contributed by atoms with Crippen molar-refractivity contribution in [3.05, 3.63) is 46.8 Å². The molecule has 0 bridgehead atoms. The lowest BCUT2D eigenvalue weighted by molar-refractivity contribution is 0.417. The number of likely N-dealkylation sites (N-methyl/N-ethyl adjacent to an activating group) is 1. The molecule has 114 valence electrons. The molecule has 0 saturated heterocycles. The lowest BCUT2D eigenvalue weighted by Crippen LogP contribution is -2.24. The van der Waals surface area contributed by atoms with Gasteiger partial charge in [-0.15, -0.1) is 0 Å². The summed E-state index contributed by atoms with van der Waals surface area (Å²) in [6, 6.07) is 10.1. The number of halogens is 1. The Bertz CT molecular complexity index is 767. The number of nitrogens with zero attached hydrogens (tertiary/aromatic N) is 4. The van der Waals surface area contributed by atoms with E-state index in [2.05, 4.69) is 43.4 Å². The Balaban J connectivity index is 1.82. The van der Waals surface area contributed by atoms with Crippen LogP contribution in [0.2, 0.25) is 0 Å². The molecule has 1 unspecified atom stereocenters. The predicted molar refractivity (Wildman–Crippen MR) is 86.8 cm³/mol. The summed E-state index contributed by atoms with van der Waals surface area (Å²) < 4.78 is 8.08. The minimum atomic E-state index is 0.296. The first-order chi connectivity index (χ1) is 10.7. The number of hydrogen-bond acceptors (Lipinski definition) is 5. The van der Waals surface area contributed by atoms with E-state index in [-0.39, 0.29) is 0 Å². The monoisotopic (exact) mass is 361 g/mol. The number of nitrogens with one attached hydrogen (secondary N) is 1. The van der Waals surface area contributed by atoms with Crippen molar-refractivity contribution < 1.29 is 4.52 Å². The predicted octanol–water partition coefficient (Wildman–Crippen LogP) is 2.84. The molecule has 6 nitrogen and oxygen atoms in total. The number of aromatic nitrogens is 4. The maximum absolute atomic E-state index is 5.30. The summed E-state index contributed by atoms with van der Waals surface area (Å²) >= 11 is 3.46. The van der Waals surface area contributed by atoms with Crippen LogP contribution in [0.4, 0.5) is 0 Å². The average Bonchev–Trinajstić information content (AvgIpc) is 3.15. The van der Waals surface area contributed by atoms with Gasteiger partial charge < -0.3 is 9.84 Å². The van der Waals surface area contributed by atoms with Gasteiger partial charge in [0.1, 0.15) is 0 Å². The normalized spacial score (nSPS) is 12.5. The van der Waals surface area contributed by atoms with Crippen LogP contribution in [-0.2, 0) is 6.42 Å². The van der Waals surface area contributed by atoms with E-state index >= 15 is 0 Å². The Morgan fingerprint density at radius 1 is 1.36 bits per heavy atom. The smallest absolute Gasteiger partial charge is 0.278 e. The van der Waals surface area contributed by atoms with Crippen molar-refractivity contribution in [2.24, 2.45) is 0 Å².